The van der Waals surface area contributed by atoms with Gasteiger partial charge in [-0.15, -0.1) is 0 Å². The molecule has 21 heavy (non-hydrogen) atoms. The molecule has 0 aliphatic heterocycles. The molecule has 1 aliphatic carbocycles. The number of rotatable bonds is 5. The lowest BCUT2D eigenvalue weighted by molar-refractivity contribution is -0.142. The Kier molecular flexibility index (Phi) is 4.97. The van der Waals surface area contributed by atoms with Crippen molar-refractivity contribution in [1.82, 2.24) is 10.6 Å². The quantitative estimate of drug-likeness (QED) is 0.743. The van der Waals surface area contributed by atoms with Gasteiger partial charge in [-0.25, -0.2) is 0 Å². The maximum atomic E-state index is 11.7. The summed E-state index contributed by atoms with van der Waals surface area (Å²) in [5, 5.41) is 14.2. The molecule has 0 atom stereocenters. The van der Waals surface area contributed by atoms with E-state index in [9.17, 15) is 14.4 Å². The third-order valence-electron chi connectivity index (χ3n) is 3.60. The Balaban J connectivity index is 1.68. The summed E-state index contributed by atoms with van der Waals surface area (Å²) in [7, 11) is 0. The molecular weight excluding hydrogens is 276 g/mol. The smallest absolute Gasteiger partial charge is 0.306 e. The van der Waals surface area contributed by atoms with Gasteiger partial charge in [0, 0.05) is 6.04 Å². The Morgan fingerprint density at radius 1 is 1.24 bits per heavy atom. The fraction of sp³-hybridized carbons (Fsp3) is 0.500. The van der Waals surface area contributed by atoms with E-state index >= 15 is 0 Å². The molecular formula is C14H18N2O5. The van der Waals surface area contributed by atoms with Crippen molar-refractivity contribution in [1.29, 1.82) is 0 Å². The summed E-state index contributed by atoms with van der Waals surface area (Å²) in [4.78, 5) is 34.1. The molecule has 3 N–H and O–H groups in total. The van der Waals surface area contributed by atoms with E-state index in [-0.39, 0.29) is 30.2 Å². The average molecular weight is 294 g/mol. The zero-order valence-corrected chi connectivity index (χ0v) is 11.5. The van der Waals surface area contributed by atoms with Gasteiger partial charge in [-0.3, -0.25) is 14.4 Å². The summed E-state index contributed by atoms with van der Waals surface area (Å²) in [5.74, 6) is -1.65. The molecule has 0 bridgehead atoms. The lowest BCUT2D eigenvalue weighted by atomic mass is 9.86. The van der Waals surface area contributed by atoms with Crippen molar-refractivity contribution >= 4 is 17.8 Å². The molecule has 0 unspecified atom stereocenters. The molecule has 1 saturated carbocycles. The Morgan fingerprint density at radius 2 is 1.95 bits per heavy atom. The van der Waals surface area contributed by atoms with Crippen LogP contribution in [0, 0.1) is 5.92 Å². The van der Waals surface area contributed by atoms with Gasteiger partial charge in [-0.1, -0.05) is 0 Å². The maximum absolute atomic E-state index is 11.7. The second-order valence-corrected chi connectivity index (χ2v) is 5.11. The van der Waals surface area contributed by atoms with E-state index < -0.39 is 11.9 Å². The van der Waals surface area contributed by atoms with Crippen molar-refractivity contribution in [3.8, 4) is 0 Å². The topological polar surface area (TPSA) is 109 Å². The first-order valence-electron chi connectivity index (χ1n) is 6.90. The molecule has 1 heterocycles. The van der Waals surface area contributed by atoms with E-state index in [1.165, 1.54) is 12.3 Å². The maximum Gasteiger partial charge on any atom is 0.306 e. The highest BCUT2D eigenvalue weighted by Gasteiger charge is 2.26. The number of aliphatic carboxylic acids is 1. The fourth-order valence-electron chi connectivity index (χ4n) is 2.42. The minimum Gasteiger partial charge on any atom is -0.481 e. The highest BCUT2D eigenvalue weighted by molar-refractivity contribution is 5.94. The Bertz CT molecular complexity index is 503. The Labute approximate surface area is 121 Å². The number of nitrogens with one attached hydrogen (secondary N) is 2. The molecule has 1 fully saturated rings. The zero-order chi connectivity index (χ0) is 15.2. The molecule has 0 spiro atoms. The Hall–Kier alpha value is -2.31. The minimum absolute atomic E-state index is 0.0198. The second kappa shape index (κ2) is 6.92. The van der Waals surface area contributed by atoms with Crippen LogP contribution in [0.4, 0.5) is 0 Å². The monoisotopic (exact) mass is 294 g/mol. The van der Waals surface area contributed by atoms with Gasteiger partial charge >= 0.3 is 5.97 Å². The average Bonchev–Trinajstić information content (AvgIpc) is 2.99. The second-order valence-electron chi connectivity index (χ2n) is 5.11. The van der Waals surface area contributed by atoms with E-state index in [4.69, 9.17) is 9.52 Å². The van der Waals surface area contributed by atoms with E-state index in [2.05, 4.69) is 10.6 Å². The van der Waals surface area contributed by atoms with Crippen LogP contribution >= 0.6 is 0 Å². The van der Waals surface area contributed by atoms with Crippen LogP contribution < -0.4 is 10.6 Å². The van der Waals surface area contributed by atoms with Crippen LogP contribution in [-0.4, -0.2) is 35.5 Å². The van der Waals surface area contributed by atoms with Crippen molar-refractivity contribution in [2.24, 2.45) is 5.92 Å². The predicted molar refractivity (Wildman–Crippen MR) is 72.6 cm³/mol. The molecule has 1 aliphatic rings. The van der Waals surface area contributed by atoms with E-state index in [1.54, 1.807) is 6.07 Å². The molecule has 2 rings (SSSR count). The molecule has 0 aromatic carbocycles. The van der Waals surface area contributed by atoms with Gasteiger partial charge in [-0.05, 0) is 37.8 Å². The summed E-state index contributed by atoms with van der Waals surface area (Å²) in [6, 6.07) is 3.09. The van der Waals surface area contributed by atoms with Crippen LogP contribution in [0.3, 0.4) is 0 Å². The van der Waals surface area contributed by atoms with Crippen molar-refractivity contribution in [3.63, 3.8) is 0 Å². The molecule has 1 aromatic rings. The molecule has 2 amide bonds. The first-order chi connectivity index (χ1) is 10.1. The summed E-state index contributed by atoms with van der Waals surface area (Å²) in [6.07, 6.45) is 3.82. The molecule has 0 saturated heterocycles. The number of carbonyl (C=O) groups excluding carboxylic acids is 2. The van der Waals surface area contributed by atoms with Crippen molar-refractivity contribution in [2.75, 3.05) is 6.54 Å². The molecule has 7 nitrogen and oxygen atoms in total. The number of amides is 2. The summed E-state index contributed by atoms with van der Waals surface area (Å²) in [5.41, 5.74) is 0. The van der Waals surface area contributed by atoms with Crippen LogP contribution in [0.15, 0.2) is 22.8 Å². The number of hydrogen-bond donors (Lipinski definition) is 3. The third-order valence-corrected chi connectivity index (χ3v) is 3.60. The lowest BCUT2D eigenvalue weighted by Crippen LogP contribution is -2.43. The van der Waals surface area contributed by atoms with Gasteiger partial charge in [0.2, 0.25) is 5.91 Å². The molecule has 0 radical (unpaired) electrons. The van der Waals surface area contributed by atoms with Crippen molar-refractivity contribution < 1.29 is 23.9 Å². The van der Waals surface area contributed by atoms with Gasteiger partial charge in [0.1, 0.15) is 0 Å². The van der Waals surface area contributed by atoms with Gasteiger partial charge in [0.25, 0.3) is 5.91 Å². The Morgan fingerprint density at radius 3 is 2.52 bits per heavy atom. The van der Waals surface area contributed by atoms with Crippen LogP contribution in [0.2, 0.25) is 0 Å². The van der Waals surface area contributed by atoms with Crippen LogP contribution in [0.25, 0.3) is 0 Å². The number of carboxylic acid groups (broad SMARTS) is 1. The van der Waals surface area contributed by atoms with Gasteiger partial charge in [-0.2, -0.15) is 0 Å². The van der Waals surface area contributed by atoms with E-state index in [1.807, 2.05) is 0 Å². The molecule has 7 heteroatoms. The van der Waals surface area contributed by atoms with Crippen molar-refractivity contribution in [3.05, 3.63) is 24.2 Å². The van der Waals surface area contributed by atoms with Gasteiger partial charge < -0.3 is 20.2 Å². The largest absolute Gasteiger partial charge is 0.481 e. The third kappa shape index (κ3) is 4.34. The number of carboxylic acids is 1. The standard InChI is InChI=1S/C14H18N2O5/c17-12(8-15-13(18)11-2-1-7-21-11)16-10-5-3-9(4-6-10)14(19)20/h1-2,7,9-10H,3-6,8H2,(H,15,18)(H,16,17)(H,19,20). The molecule has 1 aromatic heterocycles. The predicted octanol–water partition coefficient (Wildman–Crippen LogP) is 0.769. The van der Waals surface area contributed by atoms with E-state index in [0.717, 1.165) is 0 Å². The normalized spacial score (nSPS) is 21.5. The highest BCUT2D eigenvalue weighted by Crippen LogP contribution is 2.24. The first-order valence-corrected chi connectivity index (χ1v) is 6.90. The van der Waals surface area contributed by atoms with E-state index in [0.29, 0.717) is 25.7 Å². The summed E-state index contributed by atoms with van der Waals surface area (Å²) >= 11 is 0. The fourth-order valence-corrected chi connectivity index (χ4v) is 2.42. The molecule has 114 valence electrons. The highest BCUT2D eigenvalue weighted by atomic mass is 16.4. The zero-order valence-electron chi connectivity index (χ0n) is 11.5. The van der Waals surface area contributed by atoms with Crippen molar-refractivity contribution in [2.45, 2.75) is 31.7 Å². The van der Waals surface area contributed by atoms with Crippen LogP contribution in [0.1, 0.15) is 36.2 Å². The van der Waals surface area contributed by atoms with Crippen LogP contribution in [0.5, 0.6) is 0 Å². The summed E-state index contributed by atoms with van der Waals surface area (Å²) in [6.45, 7) is -0.127. The SMILES string of the molecule is O=C(CNC(=O)c1ccco1)NC1CCC(C(=O)O)CC1. The van der Waals surface area contributed by atoms with Gasteiger partial charge in [0.05, 0.1) is 18.7 Å². The minimum atomic E-state index is -0.773. The number of furan rings is 1. The van der Waals surface area contributed by atoms with Gasteiger partial charge in [0.15, 0.2) is 5.76 Å². The number of carbonyl (C=O) groups is 3. The first kappa shape index (κ1) is 15.1. The summed E-state index contributed by atoms with van der Waals surface area (Å²) < 4.78 is 4.91. The number of hydrogen-bond acceptors (Lipinski definition) is 4. The van der Waals surface area contributed by atoms with Crippen LogP contribution in [-0.2, 0) is 9.59 Å². The lowest BCUT2D eigenvalue weighted by Gasteiger charge is -2.26.